The quantitative estimate of drug-likeness (QED) is 0.0318. The predicted octanol–water partition coefficient (Wildman–Crippen LogP) is -20.2. The van der Waals surface area contributed by atoms with Crippen LogP contribution in [0.4, 0.5) is 0 Å². The molecule has 0 aromatic heterocycles. The molecule has 30 N–H and O–H groups in total. The second-order valence-corrected chi connectivity index (χ2v) is 31.0. The fraction of sp³-hybridized carbons (Fsp3) is 0.941. The summed E-state index contributed by atoms with van der Waals surface area (Å²) in [6.07, 6.45) is -96.0. The first-order valence-corrected chi connectivity index (χ1v) is 38.8. The van der Waals surface area contributed by atoms with Crippen LogP contribution in [0.1, 0.15) is 41.5 Å². The molecule has 10 aliphatic heterocycles. The zero-order valence-corrected chi connectivity index (χ0v) is 65.5. The molecule has 10 rings (SSSR count). The molecule has 50 atom stereocenters. The highest BCUT2D eigenvalue weighted by atomic mass is 16.8. The van der Waals surface area contributed by atoms with E-state index in [-0.39, 0.29) is 0 Å². The lowest BCUT2D eigenvalue weighted by Crippen LogP contribution is -2.71. The third-order valence-corrected chi connectivity index (χ3v) is 22.4. The second kappa shape index (κ2) is 43.0. The van der Waals surface area contributed by atoms with Crippen LogP contribution in [0.3, 0.4) is 0 Å². The lowest BCUT2D eigenvalue weighted by Gasteiger charge is -2.52. The Morgan fingerprint density at radius 1 is 0.231 bits per heavy atom. The van der Waals surface area contributed by atoms with Crippen molar-refractivity contribution in [3.8, 4) is 0 Å². The van der Waals surface area contributed by atoms with E-state index in [1.165, 1.54) is 13.8 Å². The van der Waals surface area contributed by atoms with Gasteiger partial charge < -0.3 is 244 Å². The summed E-state index contributed by atoms with van der Waals surface area (Å²) >= 11 is 0. The molecule has 1 unspecified atom stereocenters. The predicted molar refractivity (Wildman–Crippen MR) is 373 cm³/mol. The van der Waals surface area contributed by atoms with Crippen LogP contribution >= 0.6 is 0 Å². The summed E-state index contributed by atoms with van der Waals surface area (Å²) in [6.45, 7) is -2.84. The van der Waals surface area contributed by atoms with Crippen molar-refractivity contribution >= 4 is 23.6 Å². The van der Waals surface area contributed by atoms with Crippen molar-refractivity contribution in [3.63, 3.8) is 0 Å². The van der Waals surface area contributed by atoms with E-state index in [0.29, 0.717) is 0 Å². The van der Waals surface area contributed by atoms with Gasteiger partial charge in [-0.25, -0.2) is 0 Å². The van der Waals surface area contributed by atoms with Crippen molar-refractivity contribution in [2.75, 3.05) is 52.9 Å². The van der Waals surface area contributed by atoms with Crippen LogP contribution in [0, 0.1) is 0 Å². The maximum Gasteiger partial charge on any atom is 0.217 e. The Morgan fingerprint density at radius 2 is 0.512 bits per heavy atom. The van der Waals surface area contributed by atoms with E-state index in [1.54, 1.807) is 0 Å². The number of amides is 4. The molecule has 0 aliphatic carbocycles. The highest BCUT2D eigenvalue weighted by Crippen LogP contribution is 2.41. The zero-order chi connectivity index (χ0) is 89.1. The van der Waals surface area contributed by atoms with Crippen LogP contribution in [0.2, 0.25) is 0 Å². The van der Waals surface area contributed by atoms with Gasteiger partial charge in [0.2, 0.25) is 23.6 Å². The van der Waals surface area contributed by atoms with E-state index >= 15 is 0 Å². The Morgan fingerprint density at radius 3 is 1.00 bits per heavy atom. The third-order valence-electron chi connectivity index (χ3n) is 22.4. The summed E-state index contributed by atoms with van der Waals surface area (Å²) in [5.41, 5.74) is 0. The van der Waals surface area contributed by atoms with Gasteiger partial charge in [-0.05, 0) is 13.8 Å². The number of carbonyl (C=O) groups is 4. The molecule has 53 heteroatoms. The summed E-state index contributed by atoms with van der Waals surface area (Å²) in [7, 11) is 0. The summed E-state index contributed by atoms with van der Waals surface area (Å²) in [5, 5.41) is 301. The fourth-order valence-corrected chi connectivity index (χ4v) is 15.7. The van der Waals surface area contributed by atoms with Crippen LogP contribution in [0.5, 0.6) is 0 Å². The van der Waals surface area contributed by atoms with Gasteiger partial charge in [-0.1, -0.05) is 0 Å². The number of aliphatic hydroxyl groups is 26. The molecule has 0 aromatic carbocycles. The highest BCUT2D eigenvalue weighted by molar-refractivity contribution is 5.74. The maximum absolute atomic E-state index is 13.5. The standard InChI is InChI=1S/C68H114N4O49/c1-15-33(83)42(92)47(97)63(105-15)103-13-27-53(40(90)29(59(102)107-27)69-17(3)79)115-61-31(71-19(5)81)41(91)52(25(11-77)112-61)116-67-51(101)57(120-66-50(100)45(95)37(87)23(9-75)110-66)55(117-60-30(70-18(4)80)39(89)35(85)21(7-73)108-60)28(114-67)14-104-68-58(46(96)38(88)24(10-76)111-68)121-62-32(72-20(6)82)56(119-64-48(98)43(93)34(84)16(2)106-64)54(26(12-78)113-62)118-65-49(99)44(94)36(86)22(8-74)109-65/h15-16,21-68,73-78,83-102H,7-14H2,1-6H3,(H,69,79)(H,70,80)(H,71,81)(H,72,82)/t15-,16-,21+,22+,23+,24+,25+,26+,27+,28+,29+,30+,31+,32+,33+,34+,35+,36-,37+,38+,39+,40+,41+,42+,43+,44-,45-,46-,47-,48-,49+,50-,51-,52+,53+,54+,55+,56+,57+,58-,59?,60-,61-,62-,63+,64-,65-,66+,67-,68-/m0/s1. The molecule has 10 saturated heterocycles. The van der Waals surface area contributed by atoms with E-state index in [4.69, 9.17) is 90.0 Å². The van der Waals surface area contributed by atoms with Gasteiger partial charge in [-0.15, -0.1) is 0 Å². The van der Waals surface area contributed by atoms with E-state index < -0.39 is 383 Å². The monoisotopic (exact) mass is 1770 g/mol. The lowest BCUT2D eigenvalue weighted by molar-refractivity contribution is -0.403. The molecule has 10 aliphatic rings. The van der Waals surface area contributed by atoms with E-state index in [0.717, 1.165) is 27.7 Å². The molecule has 0 saturated carbocycles. The van der Waals surface area contributed by atoms with Crippen molar-refractivity contribution < 1.29 is 242 Å². The number of ether oxygens (including phenoxy) is 19. The Bertz CT molecular complexity index is 3270. The Kier molecular flexibility index (Phi) is 35.3. The Labute approximate surface area is 686 Å². The average Bonchev–Trinajstić information content (AvgIpc) is 0.760. The van der Waals surface area contributed by atoms with Crippen LogP contribution in [-0.2, 0) is 109 Å². The minimum atomic E-state index is -2.64. The number of hydrogen-bond donors (Lipinski definition) is 30. The molecule has 4 amide bonds. The second-order valence-electron chi connectivity index (χ2n) is 31.0. The molecule has 53 nitrogen and oxygen atoms in total. The fourth-order valence-electron chi connectivity index (χ4n) is 15.7. The van der Waals surface area contributed by atoms with Crippen molar-refractivity contribution in [1.29, 1.82) is 0 Å². The number of rotatable bonds is 30. The van der Waals surface area contributed by atoms with Gasteiger partial charge in [-0.2, -0.15) is 0 Å². The van der Waals surface area contributed by atoms with Crippen LogP contribution < -0.4 is 21.3 Å². The van der Waals surface area contributed by atoms with E-state index in [2.05, 4.69) is 21.3 Å². The van der Waals surface area contributed by atoms with Gasteiger partial charge in [0.25, 0.3) is 0 Å². The topological polar surface area (TPSA) is 818 Å². The minimum absolute atomic E-state index is 0.847. The van der Waals surface area contributed by atoms with Gasteiger partial charge in [0.1, 0.15) is 232 Å². The molecule has 10 fully saturated rings. The Hall–Kier alpha value is -3.92. The van der Waals surface area contributed by atoms with Crippen LogP contribution in [0.15, 0.2) is 0 Å². The van der Waals surface area contributed by atoms with Crippen molar-refractivity contribution in [2.45, 2.75) is 348 Å². The summed E-state index contributed by atoms with van der Waals surface area (Å²) in [4.78, 5) is 52.3. The zero-order valence-electron chi connectivity index (χ0n) is 65.5. The van der Waals surface area contributed by atoms with Crippen molar-refractivity contribution in [1.82, 2.24) is 21.3 Å². The van der Waals surface area contributed by atoms with E-state index in [1.807, 2.05) is 0 Å². The van der Waals surface area contributed by atoms with Gasteiger partial charge in [0.15, 0.2) is 62.9 Å². The van der Waals surface area contributed by atoms with Gasteiger partial charge in [0.05, 0.1) is 65.1 Å². The average molecular weight is 1770 g/mol. The molecule has 0 bridgehead atoms. The molecular weight excluding hydrogens is 1660 g/mol. The third kappa shape index (κ3) is 22.0. The minimum Gasteiger partial charge on any atom is -0.394 e. The largest absolute Gasteiger partial charge is 0.394 e. The van der Waals surface area contributed by atoms with Crippen LogP contribution in [0.25, 0.3) is 0 Å². The Balaban J connectivity index is 1.04. The first-order valence-electron chi connectivity index (χ1n) is 38.8. The molecule has 700 valence electrons. The number of carbonyl (C=O) groups excluding carboxylic acids is 4. The van der Waals surface area contributed by atoms with Gasteiger partial charge in [-0.3, -0.25) is 19.2 Å². The summed E-state index contributed by atoms with van der Waals surface area (Å²) in [5.74, 6) is -3.82. The number of hydrogen-bond acceptors (Lipinski definition) is 49. The van der Waals surface area contributed by atoms with Crippen LogP contribution in [-0.4, -0.2) is 516 Å². The summed E-state index contributed by atoms with van der Waals surface area (Å²) < 4.78 is 115. The molecule has 0 radical (unpaired) electrons. The highest BCUT2D eigenvalue weighted by Gasteiger charge is 2.62. The number of nitrogens with one attached hydrogen (secondary N) is 4. The first kappa shape index (κ1) is 99.2. The summed E-state index contributed by atoms with van der Waals surface area (Å²) in [6, 6.07) is -7.80. The van der Waals surface area contributed by atoms with Crippen molar-refractivity contribution in [3.05, 3.63) is 0 Å². The number of aliphatic hydroxyl groups excluding tert-OH is 26. The molecule has 10 heterocycles. The first-order chi connectivity index (χ1) is 57.1. The maximum atomic E-state index is 13.5. The van der Waals surface area contributed by atoms with Crippen molar-refractivity contribution in [2.24, 2.45) is 0 Å². The SMILES string of the molecule is CC(=O)N[C@H]1[C@H](O[C@H]2[C@H](O)[C@@H](NC(C)=O)C(O)O[C@@H]2CO[C@@H]2O[C@@H](C)[C@@H](O)[C@@H](O)[C@@H]2O)O[C@H](CO)[C@@H](O[C@@H]2O[C@H](CO[C@H]3O[C@H](CO)[C@@H](O)[C@H](O)[C@@H]3O[C@@H]3O[C@H](CO)[C@@H](O[C@@H]4O[C@H](CO)[C@H](O)[C@H](O)[C@H]4O)[C@H](O[C@@H]4O[C@@H](C)[C@@H](O)[C@@H](O)[C@@H]4O)[C@H]3NC(C)=O)[C@@H](O[C@@H]3O[C@H](CO)[C@@H](O)[C@H](O)[C@H]3NC(C)=O)[C@H](O[C@H]3O[C@H](CO)[C@@H](O)[C@H](O)[C@@H]3O)[C@@H]2O)[C@@H]1O. The van der Waals surface area contributed by atoms with Gasteiger partial charge in [0, 0.05) is 27.7 Å². The van der Waals surface area contributed by atoms with Gasteiger partial charge >= 0.3 is 0 Å². The molecule has 0 aromatic rings. The molecule has 121 heavy (non-hydrogen) atoms. The van der Waals surface area contributed by atoms with E-state index in [9.17, 15) is 152 Å². The normalized spacial score (nSPS) is 50.0. The smallest absolute Gasteiger partial charge is 0.217 e. The lowest BCUT2D eigenvalue weighted by atomic mass is 9.93. The molecule has 0 spiro atoms. The molecular formula is C68H114N4O49.